The Morgan fingerprint density at radius 1 is 1.14 bits per heavy atom. The maximum atomic E-state index is 6.15. The fraction of sp³-hybridized carbons (Fsp3) is 0.435. The number of hydrogen-bond donors (Lipinski definition) is 1. The van der Waals surface area contributed by atoms with E-state index < -0.39 is 0 Å². The first-order valence-corrected chi connectivity index (χ1v) is 11.5. The number of thioether (sulfide) groups is 1. The Bertz CT molecular complexity index is 861. The molecule has 4 rings (SSSR count). The van der Waals surface area contributed by atoms with Crippen molar-refractivity contribution in [2.24, 2.45) is 10.4 Å². The summed E-state index contributed by atoms with van der Waals surface area (Å²) in [5.41, 5.74) is 5.26. The predicted molar refractivity (Wildman–Crippen MR) is 121 cm³/mol. The first-order valence-electron chi connectivity index (χ1n) is 9.93. The average Bonchev–Trinajstić information content (AvgIpc) is 2.71. The van der Waals surface area contributed by atoms with E-state index in [1.807, 2.05) is 18.2 Å². The first kappa shape index (κ1) is 19.8. The van der Waals surface area contributed by atoms with Crippen LogP contribution in [0, 0.1) is 5.41 Å². The van der Waals surface area contributed by atoms with Gasteiger partial charge in [0.2, 0.25) is 0 Å². The van der Waals surface area contributed by atoms with Gasteiger partial charge in [-0.25, -0.2) is 0 Å². The quantitative estimate of drug-likeness (QED) is 0.690. The maximum absolute atomic E-state index is 6.15. The van der Waals surface area contributed by atoms with Crippen LogP contribution in [0.15, 0.2) is 47.5 Å². The first-order chi connectivity index (χ1) is 13.7. The van der Waals surface area contributed by atoms with E-state index in [1.54, 1.807) is 7.11 Å². The normalized spacial score (nSPS) is 19.4. The standard InChI is InChI=1S/C23H27ClN2OS/c1-27-10-7-17-5-6-21-19(13-17)15-23(8-11-28-12-9-23)22(26-21)25-16-18-3-2-4-20(24)14-18/h2-6,13-14H,7-12,15-16H2,1H3,(H,25,26). The Hall–Kier alpha value is -1.49. The second kappa shape index (κ2) is 8.89. The van der Waals surface area contributed by atoms with Gasteiger partial charge in [0, 0.05) is 23.2 Å². The molecule has 1 N–H and O–H groups in total. The second-order valence-electron chi connectivity index (χ2n) is 7.72. The van der Waals surface area contributed by atoms with Gasteiger partial charge in [0.05, 0.1) is 13.2 Å². The molecule has 2 aromatic rings. The summed E-state index contributed by atoms with van der Waals surface area (Å²) in [4.78, 5) is 5.06. The average molecular weight is 415 g/mol. The van der Waals surface area contributed by atoms with Crippen molar-refractivity contribution >= 4 is 34.9 Å². The minimum Gasteiger partial charge on any atom is -0.384 e. The molecule has 148 valence electrons. The number of amidine groups is 1. The summed E-state index contributed by atoms with van der Waals surface area (Å²) < 4.78 is 5.25. The highest BCUT2D eigenvalue weighted by Crippen LogP contribution is 2.44. The lowest BCUT2D eigenvalue weighted by molar-refractivity contribution is 0.202. The summed E-state index contributed by atoms with van der Waals surface area (Å²) in [6, 6.07) is 14.8. The summed E-state index contributed by atoms with van der Waals surface area (Å²) in [7, 11) is 1.76. The number of nitrogens with one attached hydrogen (secondary N) is 1. The van der Waals surface area contributed by atoms with Gasteiger partial charge in [-0.15, -0.1) is 0 Å². The van der Waals surface area contributed by atoms with Crippen LogP contribution in [0.2, 0.25) is 5.02 Å². The molecule has 1 fully saturated rings. The topological polar surface area (TPSA) is 33.6 Å². The van der Waals surface area contributed by atoms with Gasteiger partial charge >= 0.3 is 0 Å². The number of ether oxygens (including phenoxy) is 1. The van der Waals surface area contributed by atoms with Crippen LogP contribution >= 0.6 is 23.4 Å². The Morgan fingerprint density at radius 2 is 2.00 bits per heavy atom. The van der Waals surface area contributed by atoms with Crippen LogP contribution in [0.3, 0.4) is 0 Å². The van der Waals surface area contributed by atoms with E-state index in [0.29, 0.717) is 6.54 Å². The van der Waals surface area contributed by atoms with E-state index in [-0.39, 0.29) is 5.41 Å². The third-order valence-corrected chi connectivity index (χ3v) is 7.03. The Morgan fingerprint density at radius 3 is 2.79 bits per heavy atom. The molecule has 28 heavy (non-hydrogen) atoms. The molecule has 0 amide bonds. The fourth-order valence-corrected chi connectivity index (χ4v) is 5.67. The third kappa shape index (κ3) is 4.40. The molecule has 2 heterocycles. The molecule has 0 saturated carbocycles. The summed E-state index contributed by atoms with van der Waals surface area (Å²) in [5, 5.41) is 4.47. The van der Waals surface area contributed by atoms with E-state index in [2.05, 4.69) is 41.3 Å². The van der Waals surface area contributed by atoms with Crippen molar-refractivity contribution in [3.63, 3.8) is 0 Å². The monoisotopic (exact) mass is 414 g/mol. The molecule has 0 aliphatic carbocycles. The van der Waals surface area contributed by atoms with Gasteiger partial charge in [-0.1, -0.05) is 35.9 Å². The number of benzene rings is 2. The van der Waals surface area contributed by atoms with Crippen LogP contribution in [-0.4, -0.2) is 31.1 Å². The maximum Gasteiger partial charge on any atom is 0.108 e. The lowest BCUT2D eigenvalue weighted by atomic mass is 9.72. The van der Waals surface area contributed by atoms with Crippen LogP contribution in [0.4, 0.5) is 5.69 Å². The van der Waals surface area contributed by atoms with Crippen LogP contribution in [0.25, 0.3) is 0 Å². The lowest BCUT2D eigenvalue weighted by Gasteiger charge is -2.42. The minimum absolute atomic E-state index is 0.136. The van der Waals surface area contributed by atoms with E-state index in [4.69, 9.17) is 21.3 Å². The third-order valence-electron chi connectivity index (χ3n) is 5.81. The van der Waals surface area contributed by atoms with Crippen molar-refractivity contribution in [3.8, 4) is 0 Å². The molecule has 2 aliphatic heterocycles. The van der Waals surface area contributed by atoms with Crippen LogP contribution in [-0.2, 0) is 24.1 Å². The van der Waals surface area contributed by atoms with Crippen molar-refractivity contribution < 1.29 is 4.74 Å². The molecule has 3 nitrogen and oxygen atoms in total. The number of aliphatic imine (C=N–C) groups is 1. The van der Waals surface area contributed by atoms with E-state index in [1.165, 1.54) is 41.2 Å². The Balaban J connectivity index is 1.62. The number of fused-ring (bicyclic) bond motifs is 1. The summed E-state index contributed by atoms with van der Waals surface area (Å²) in [6.45, 7) is 1.43. The van der Waals surface area contributed by atoms with Gasteiger partial charge in [0.25, 0.3) is 0 Å². The van der Waals surface area contributed by atoms with E-state index in [0.717, 1.165) is 35.9 Å². The molecule has 0 unspecified atom stereocenters. The highest BCUT2D eigenvalue weighted by Gasteiger charge is 2.41. The van der Waals surface area contributed by atoms with E-state index in [9.17, 15) is 0 Å². The largest absolute Gasteiger partial charge is 0.384 e. The van der Waals surface area contributed by atoms with Crippen LogP contribution < -0.4 is 5.32 Å². The van der Waals surface area contributed by atoms with Crippen LogP contribution in [0.1, 0.15) is 29.5 Å². The SMILES string of the molecule is COCCc1ccc2c(c1)CC1(CCSCC1)C(=NCc1cccc(Cl)c1)N2. The molecule has 0 radical (unpaired) electrons. The second-order valence-corrected chi connectivity index (χ2v) is 9.38. The van der Waals surface area contributed by atoms with Crippen molar-refractivity contribution in [1.29, 1.82) is 0 Å². The molecule has 1 saturated heterocycles. The predicted octanol–water partition coefficient (Wildman–Crippen LogP) is 5.61. The van der Waals surface area contributed by atoms with Crippen molar-refractivity contribution in [2.75, 3.05) is 30.5 Å². The Labute approximate surface area is 176 Å². The number of rotatable bonds is 5. The zero-order valence-electron chi connectivity index (χ0n) is 16.3. The summed E-state index contributed by atoms with van der Waals surface area (Å²) in [6.07, 6.45) is 4.40. The van der Waals surface area contributed by atoms with Gasteiger partial charge in [0.1, 0.15) is 5.84 Å². The van der Waals surface area contributed by atoms with Gasteiger partial charge in [-0.05, 0) is 72.1 Å². The summed E-state index contributed by atoms with van der Waals surface area (Å²) in [5.74, 6) is 3.57. The Kier molecular flexibility index (Phi) is 6.29. The molecule has 0 aromatic heterocycles. The molecular formula is C23H27ClN2OS. The highest BCUT2D eigenvalue weighted by molar-refractivity contribution is 7.99. The lowest BCUT2D eigenvalue weighted by Crippen LogP contribution is -2.44. The number of anilines is 1. The van der Waals surface area contributed by atoms with Gasteiger partial charge < -0.3 is 10.1 Å². The number of nitrogens with zero attached hydrogens (tertiary/aromatic N) is 1. The fourth-order valence-electron chi connectivity index (χ4n) is 4.19. The van der Waals surface area contributed by atoms with Gasteiger partial charge in [0.15, 0.2) is 0 Å². The molecular weight excluding hydrogens is 388 g/mol. The number of hydrogen-bond acceptors (Lipinski definition) is 3. The van der Waals surface area contributed by atoms with Crippen molar-refractivity contribution in [2.45, 2.75) is 32.2 Å². The zero-order chi connectivity index (χ0) is 19.4. The molecule has 1 spiro atoms. The molecule has 5 heteroatoms. The van der Waals surface area contributed by atoms with Gasteiger partial charge in [-0.2, -0.15) is 11.8 Å². The van der Waals surface area contributed by atoms with Crippen molar-refractivity contribution in [3.05, 3.63) is 64.2 Å². The highest BCUT2D eigenvalue weighted by atomic mass is 35.5. The molecule has 2 aromatic carbocycles. The summed E-state index contributed by atoms with van der Waals surface area (Å²) >= 11 is 8.21. The molecule has 0 bridgehead atoms. The zero-order valence-corrected chi connectivity index (χ0v) is 17.9. The molecule has 0 atom stereocenters. The number of halogens is 1. The minimum atomic E-state index is 0.136. The van der Waals surface area contributed by atoms with E-state index >= 15 is 0 Å². The van der Waals surface area contributed by atoms with Crippen LogP contribution in [0.5, 0.6) is 0 Å². The molecule has 2 aliphatic rings. The van der Waals surface area contributed by atoms with Gasteiger partial charge in [-0.3, -0.25) is 4.99 Å². The smallest absolute Gasteiger partial charge is 0.108 e. The van der Waals surface area contributed by atoms with Crippen molar-refractivity contribution in [1.82, 2.24) is 0 Å². The number of methoxy groups -OCH3 is 1.